The molecule has 51 heavy (non-hydrogen) atoms. The summed E-state index contributed by atoms with van der Waals surface area (Å²) in [6.45, 7) is -0.0232. The van der Waals surface area contributed by atoms with Gasteiger partial charge in [0, 0.05) is 0 Å². The van der Waals surface area contributed by atoms with Crippen molar-refractivity contribution in [3.63, 3.8) is 0 Å². The average molecular weight is 708 g/mol. The quantitative estimate of drug-likeness (QED) is 0.180. The van der Waals surface area contributed by atoms with Crippen molar-refractivity contribution in [2.24, 2.45) is 0 Å². The van der Waals surface area contributed by atoms with Gasteiger partial charge in [-0.1, -0.05) is 140 Å². The summed E-state index contributed by atoms with van der Waals surface area (Å²) in [4.78, 5) is 21.2. The average Bonchev–Trinajstić information content (AvgIpc) is 4.01. The summed E-state index contributed by atoms with van der Waals surface area (Å²) in [5, 5.41) is 9.78. The van der Waals surface area contributed by atoms with Crippen molar-refractivity contribution in [2.75, 3.05) is 0 Å². The van der Waals surface area contributed by atoms with Gasteiger partial charge in [-0.05, 0) is 74.4 Å². The molecule has 0 saturated heterocycles. The van der Waals surface area contributed by atoms with E-state index in [2.05, 4.69) is 85.0 Å². The molecule has 2 aliphatic heterocycles. The molecule has 1 N–H and O–H groups in total. The van der Waals surface area contributed by atoms with E-state index < -0.39 is 0 Å². The van der Waals surface area contributed by atoms with Crippen LogP contribution in [0.4, 0.5) is 0 Å². The molecule has 9 rings (SSSR count). The summed E-state index contributed by atoms with van der Waals surface area (Å²) in [5.41, 5.74) is 15.3. The molecule has 5 heterocycles. The van der Waals surface area contributed by atoms with Gasteiger partial charge in [0.1, 0.15) is 0 Å². The van der Waals surface area contributed by atoms with Gasteiger partial charge in [-0.3, -0.25) is 0 Å². The fourth-order valence-electron chi connectivity index (χ4n) is 6.86. The smallest absolute Gasteiger partial charge is 0.657 e. The van der Waals surface area contributed by atoms with E-state index in [0.717, 1.165) is 94.9 Å². The van der Waals surface area contributed by atoms with Crippen molar-refractivity contribution in [3.05, 3.63) is 168 Å². The predicted molar refractivity (Wildman–Crippen MR) is 204 cm³/mol. The zero-order chi connectivity index (χ0) is 33.4. The fraction of sp³-hybridized carbons (Fsp3) is 0.0222. The van der Waals surface area contributed by atoms with E-state index in [9.17, 15) is 5.11 Å². The normalized spacial score (nSPS) is 11.8. The zero-order valence-corrected chi connectivity index (χ0v) is 30.7. The number of hydrogen-bond donors (Lipinski definition) is 1. The first kappa shape index (κ1) is 32.3. The molecule has 8 bridgehead atoms. The molecule has 3 aromatic heterocycles. The maximum Gasteiger partial charge on any atom is 2.00 e. The van der Waals surface area contributed by atoms with Gasteiger partial charge in [0.2, 0.25) is 0 Å². The number of fused-ring (bicyclic) bond motifs is 8. The van der Waals surface area contributed by atoms with Crippen molar-refractivity contribution in [1.29, 1.82) is 0 Å². The van der Waals surface area contributed by atoms with Crippen LogP contribution in [0.3, 0.4) is 0 Å². The number of nitrogens with zero attached hydrogens (tertiary/aromatic N) is 4. The van der Waals surface area contributed by atoms with E-state index in [1.165, 1.54) is 0 Å². The monoisotopic (exact) mass is 706 g/mol. The predicted octanol–water partition coefficient (Wildman–Crippen LogP) is 10.1. The molecule has 4 aromatic carbocycles. The Bertz CT molecular complexity index is 2570. The standard InChI is InChI=1S/C45H30N4O.Zn/c50-28-29-16-18-33(19-17-29)45-40-26-24-38(48-40)43(31-12-6-2-7-13-31)36-22-20-34(46-36)42(30-10-4-1-5-11-30)35-21-23-37(47-35)44(32-14-8-3-9-15-32)39-25-27-41(45)49-39;/h1-27,50H,28H2;/q-2;+2. The minimum absolute atomic E-state index is 0. The molecule has 0 unspecified atom stereocenters. The maximum atomic E-state index is 9.78. The Labute approximate surface area is 308 Å². The molecule has 0 spiro atoms. The molecule has 5 nitrogen and oxygen atoms in total. The first-order valence-corrected chi connectivity index (χ1v) is 16.7. The van der Waals surface area contributed by atoms with Crippen LogP contribution in [0.15, 0.2) is 140 Å². The van der Waals surface area contributed by atoms with Crippen molar-refractivity contribution >= 4 is 46.4 Å². The van der Waals surface area contributed by atoms with Crippen LogP contribution in [0.5, 0.6) is 0 Å². The van der Waals surface area contributed by atoms with Gasteiger partial charge < -0.3 is 15.1 Å². The van der Waals surface area contributed by atoms with Crippen LogP contribution >= 0.6 is 0 Å². The van der Waals surface area contributed by atoms with E-state index in [0.29, 0.717) is 0 Å². The molecule has 0 amide bonds. The van der Waals surface area contributed by atoms with Crippen LogP contribution in [-0.4, -0.2) is 15.1 Å². The number of aromatic nitrogens is 4. The summed E-state index contributed by atoms with van der Waals surface area (Å²) in [6, 6.07) is 47.3. The van der Waals surface area contributed by atoms with Crippen LogP contribution in [-0.2, 0) is 26.1 Å². The van der Waals surface area contributed by atoms with Crippen LogP contribution in [0.1, 0.15) is 28.3 Å². The molecule has 0 atom stereocenters. The minimum Gasteiger partial charge on any atom is -0.657 e. The number of aliphatic hydroxyl groups excluding tert-OH is 1. The topological polar surface area (TPSA) is 74.2 Å². The zero-order valence-electron chi connectivity index (χ0n) is 27.7. The van der Waals surface area contributed by atoms with Crippen LogP contribution < -0.4 is 9.97 Å². The summed E-state index contributed by atoms with van der Waals surface area (Å²) in [6.07, 6.45) is 8.31. The Hall–Kier alpha value is -5.94. The van der Waals surface area contributed by atoms with Gasteiger partial charge in [0.15, 0.2) is 0 Å². The Morgan fingerprint density at radius 3 is 0.961 bits per heavy atom. The number of benzene rings is 4. The van der Waals surface area contributed by atoms with E-state index in [4.69, 9.17) is 19.9 Å². The van der Waals surface area contributed by atoms with Gasteiger partial charge in [-0.25, -0.2) is 9.97 Å². The second-order valence-corrected chi connectivity index (χ2v) is 12.3. The summed E-state index contributed by atoms with van der Waals surface area (Å²) in [5.74, 6) is 0. The Morgan fingerprint density at radius 1 is 0.373 bits per heavy atom. The molecule has 0 radical (unpaired) electrons. The Kier molecular flexibility index (Phi) is 8.71. The van der Waals surface area contributed by atoms with Crippen molar-refractivity contribution in [3.8, 4) is 44.5 Å². The van der Waals surface area contributed by atoms with Gasteiger partial charge in [0.05, 0.1) is 29.4 Å². The third kappa shape index (κ3) is 5.99. The fourth-order valence-corrected chi connectivity index (χ4v) is 6.86. The number of rotatable bonds is 5. The molecule has 7 aromatic rings. The van der Waals surface area contributed by atoms with E-state index in [1.807, 2.05) is 78.9 Å². The van der Waals surface area contributed by atoms with Gasteiger partial charge in [0.25, 0.3) is 0 Å². The second-order valence-electron chi connectivity index (χ2n) is 12.3. The molecule has 0 aliphatic carbocycles. The van der Waals surface area contributed by atoms with Gasteiger partial charge in [-0.2, -0.15) is 0 Å². The van der Waals surface area contributed by atoms with E-state index in [-0.39, 0.29) is 26.1 Å². The minimum atomic E-state index is -0.0232. The van der Waals surface area contributed by atoms with E-state index >= 15 is 0 Å². The van der Waals surface area contributed by atoms with Crippen molar-refractivity contribution < 1.29 is 24.6 Å². The van der Waals surface area contributed by atoms with Gasteiger partial charge in [-0.15, -0.1) is 22.1 Å². The summed E-state index contributed by atoms with van der Waals surface area (Å²) in [7, 11) is 0. The maximum absolute atomic E-state index is 9.78. The number of hydrogen-bond acceptors (Lipinski definition) is 3. The SMILES string of the molecule is OCc1ccc(-c2c3nc(c(-c4ccccc4)c4ccc([n-]4)c(-c4ccccc4)c4nc(c(-c5ccccc5)c5ccc2[n-]5)C=C4)C=C3)cc1.[Zn+2]. The first-order valence-electron chi connectivity index (χ1n) is 16.7. The summed E-state index contributed by atoms with van der Waals surface area (Å²) >= 11 is 0. The molecule has 238 valence electrons. The number of aliphatic hydroxyl groups is 1. The van der Waals surface area contributed by atoms with Crippen LogP contribution in [0.2, 0.25) is 0 Å². The molecule has 0 saturated carbocycles. The Morgan fingerprint density at radius 2 is 0.667 bits per heavy atom. The van der Waals surface area contributed by atoms with Crippen LogP contribution in [0, 0.1) is 0 Å². The molecule has 2 aliphatic rings. The molecular weight excluding hydrogens is 678 g/mol. The second kappa shape index (κ2) is 13.8. The molecular formula is C45H30N4OZn. The van der Waals surface area contributed by atoms with E-state index in [1.54, 1.807) is 0 Å². The van der Waals surface area contributed by atoms with Crippen molar-refractivity contribution in [1.82, 2.24) is 19.9 Å². The summed E-state index contributed by atoms with van der Waals surface area (Å²) < 4.78 is 0. The van der Waals surface area contributed by atoms with Crippen LogP contribution in [0.25, 0.3) is 90.9 Å². The third-order valence-corrected chi connectivity index (χ3v) is 9.22. The van der Waals surface area contributed by atoms with Gasteiger partial charge >= 0.3 is 19.5 Å². The molecule has 0 fully saturated rings. The molecule has 6 heteroatoms. The third-order valence-electron chi connectivity index (χ3n) is 9.22. The first-order chi connectivity index (χ1) is 24.7. The largest absolute Gasteiger partial charge is 2.00 e. The van der Waals surface area contributed by atoms with Crippen molar-refractivity contribution in [2.45, 2.75) is 6.61 Å². The Balaban J connectivity index is 0.00000374.